The van der Waals surface area contributed by atoms with Gasteiger partial charge >= 0.3 is 0 Å². The summed E-state index contributed by atoms with van der Waals surface area (Å²) in [5.41, 5.74) is 4.89. The quantitative estimate of drug-likeness (QED) is 0.276. The second kappa shape index (κ2) is 12.2. The summed E-state index contributed by atoms with van der Waals surface area (Å²) >= 11 is 0. The van der Waals surface area contributed by atoms with E-state index in [9.17, 15) is 0 Å². The first-order chi connectivity index (χ1) is 13.8. The van der Waals surface area contributed by atoms with Crippen LogP contribution in [0.1, 0.15) is 34.7 Å². The summed E-state index contributed by atoms with van der Waals surface area (Å²) in [5, 5.41) is 6.80. The van der Waals surface area contributed by atoms with Crippen LogP contribution in [0.15, 0.2) is 84.0 Å². The zero-order valence-corrected chi connectivity index (χ0v) is 19.3. The largest absolute Gasteiger partial charge is 0.356 e. The third kappa shape index (κ3) is 6.85. The maximum Gasteiger partial charge on any atom is 0.191 e. The molecule has 0 spiro atoms. The van der Waals surface area contributed by atoms with E-state index in [0.717, 1.165) is 24.6 Å². The third-order valence-electron chi connectivity index (χ3n) is 4.89. The van der Waals surface area contributed by atoms with E-state index >= 15 is 0 Å². The monoisotopic (exact) mass is 500 g/mol. The van der Waals surface area contributed by atoms with Crippen LogP contribution in [-0.2, 0) is 6.54 Å². The molecule has 0 aliphatic rings. The first kappa shape index (κ1) is 22.9. The predicted molar refractivity (Wildman–Crippen MR) is 132 cm³/mol. The van der Waals surface area contributed by atoms with Gasteiger partial charge in [0, 0.05) is 25.7 Å². The number of hydrogen-bond donors (Lipinski definition) is 2. The molecule has 0 saturated carbocycles. The van der Waals surface area contributed by atoms with Crippen molar-refractivity contribution >= 4 is 29.9 Å². The first-order valence-corrected chi connectivity index (χ1v) is 9.73. The number of guanidine groups is 1. The molecule has 152 valence electrons. The van der Waals surface area contributed by atoms with E-state index in [1.807, 2.05) is 12.3 Å². The zero-order chi connectivity index (χ0) is 19.6. The number of hydrogen-bond acceptors (Lipinski definition) is 2. The molecule has 2 N–H and O–H groups in total. The minimum atomic E-state index is 0. The Morgan fingerprint density at radius 1 is 0.897 bits per heavy atom. The molecule has 0 aliphatic carbocycles. The van der Waals surface area contributed by atoms with Gasteiger partial charge < -0.3 is 10.6 Å². The number of aliphatic imine (C=N–C) groups is 1. The zero-order valence-electron chi connectivity index (χ0n) is 17.0. The van der Waals surface area contributed by atoms with Gasteiger partial charge in [0.15, 0.2) is 5.96 Å². The Balaban J connectivity index is 0.00000300. The summed E-state index contributed by atoms with van der Waals surface area (Å²) in [7, 11) is 1.80. The van der Waals surface area contributed by atoms with E-state index in [1.165, 1.54) is 16.7 Å². The molecule has 2 aromatic carbocycles. The van der Waals surface area contributed by atoms with Gasteiger partial charge in [0.1, 0.15) is 0 Å². The van der Waals surface area contributed by atoms with Gasteiger partial charge in [-0.15, -0.1) is 24.0 Å². The highest BCUT2D eigenvalue weighted by Crippen LogP contribution is 2.27. The highest BCUT2D eigenvalue weighted by Gasteiger charge is 2.13. The van der Waals surface area contributed by atoms with Gasteiger partial charge in [-0.1, -0.05) is 66.7 Å². The van der Waals surface area contributed by atoms with Crippen LogP contribution in [0.25, 0.3) is 0 Å². The summed E-state index contributed by atoms with van der Waals surface area (Å²) in [4.78, 5) is 8.77. The number of nitrogens with zero attached hydrogens (tertiary/aromatic N) is 2. The van der Waals surface area contributed by atoms with Crippen LogP contribution in [-0.4, -0.2) is 24.5 Å². The fourth-order valence-corrected chi connectivity index (χ4v) is 3.32. The van der Waals surface area contributed by atoms with Crippen molar-refractivity contribution in [3.63, 3.8) is 0 Å². The Hall–Kier alpha value is -2.41. The molecule has 0 atom stereocenters. The first-order valence-electron chi connectivity index (χ1n) is 9.73. The van der Waals surface area contributed by atoms with E-state index in [1.54, 1.807) is 7.05 Å². The Kier molecular flexibility index (Phi) is 9.64. The number of nitrogens with one attached hydrogen (secondary N) is 2. The average molecular weight is 500 g/mol. The number of pyridine rings is 1. The Morgan fingerprint density at radius 3 is 2.07 bits per heavy atom. The summed E-state index contributed by atoms with van der Waals surface area (Å²) in [6.45, 7) is 3.56. The molecule has 3 aromatic rings. The van der Waals surface area contributed by atoms with Crippen LogP contribution >= 0.6 is 24.0 Å². The minimum absolute atomic E-state index is 0. The van der Waals surface area contributed by atoms with Crippen LogP contribution < -0.4 is 10.6 Å². The summed E-state index contributed by atoms with van der Waals surface area (Å²) in [5.74, 6) is 1.15. The van der Waals surface area contributed by atoms with Crippen molar-refractivity contribution in [2.75, 3.05) is 13.6 Å². The van der Waals surface area contributed by atoms with Gasteiger partial charge in [0.2, 0.25) is 0 Å². The maximum absolute atomic E-state index is 4.43. The van der Waals surface area contributed by atoms with Gasteiger partial charge in [-0.2, -0.15) is 0 Å². The van der Waals surface area contributed by atoms with Crippen molar-refractivity contribution in [2.45, 2.75) is 25.8 Å². The second-order valence-corrected chi connectivity index (χ2v) is 6.78. The van der Waals surface area contributed by atoms with Crippen LogP contribution in [0.2, 0.25) is 0 Å². The SMILES string of the molecule is CN=C(NCCC(c1ccccc1)c1ccccc1)NCc1ncccc1C.I. The van der Waals surface area contributed by atoms with Crippen molar-refractivity contribution in [3.05, 3.63) is 101 Å². The lowest BCUT2D eigenvalue weighted by Gasteiger charge is -2.19. The normalized spacial score (nSPS) is 11.1. The molecule has 0 unspecified atom stereocenters. The van der Waals surface area contributed by atoms with Crippen molar-refractivity contribution in [2.24, 2.45) is 4.99 Å². The lowest BCUT2D eigenvalue weighted by atomic mass is 9.88. The van der Waals surface area contributed by atoms with Gasteiger partial charge in [-0.25, -0.2) is 0 Å². The van der Waals surface area contributed by atoms with Crippen LogP contribution in [0, 0.1) is 6.92 Å². The minimum Gasteiger partial charge on any atom is -0.356 e. The molecule has 4 nitrogen and oxygen atoms in total. The number of halogens is 1. The molecule has 1 heterocycles. The second-order valence-electron chi connectivity index (χ2n) is 6.78. The molecule has 0 bridgehead atoms. The fraction of sp³-hybridized carbons (Fsp3) is 0.250. The van der Waals surface area contributed by atoms with Crippen LogP contribution in [0.3, 0.4) is 0 Å². The van der Waals surface area contributed by atoms with E-state index in [2.05, 4.69) is 94.3 Å². The summed E-state index contributed by atoms with van der Waals surface area (Å²) in [6, 6.07) is 25.4. The molecule has 0 saturated heterocycles. The van der Waals surface area contributed by atoms with Gasteiger partial charge in [-0.3, -0.25) is 9.98 Å². The highest BCUT2D eigenvalue weighted by molar-refractivity contribution is 14.0. The number of aromatic nitrogens is 1. The predicted octanol–water partition coefficient (Wildman–Crippen LogP) is 4.90. The van der Waals surface area contributed by atoms with E-state index in [-0.39, 0.29) is 24.0 Å². The number of rotatable bonds is 7. The van der Waals surface area contributed by atoms with Gasteiger partial charge in [-0.05, 0) is 36.1 Å². The van der Waals surface area contributed by atoms with E-state index in [0.29, 0.717) is 12.5 Å². The highest BCUT2D eigenvalue weighted by atomic mass is 127. The van der Waals surface area contributed by atoms with Crippen molar-refractivity contribution in [1.29, 1.82) is 0 Å². The molecule has 3 rings (SSSR count). The topological polar surface area (TPSA) is 49.3 Å². The van der Waals surface area contributed by atoms with Crippen molar-refractivity contribution < 1.29 is 0 Å². The third-order valence-corrected chi connectivity index (χ3v) is 4.89. The van der Waals surface area contributed by atoms with Crippen molar-refractivity contribution in [3.8, 4) is 0 Å². The fourth-order valence-electron chi connectivity index (χ4n) is 3.32. The van der Waals surface area contributed by atoms with Crippen LogP contribution in [0.4, 0.5) is 0 Å². The number of aryl methyl sites for hydroxylation is 1. The van der Waals surface area contributed by atoms with Gasteiger partial charge in [0.25, 0.3) is 0 Å². The summed E-state index contributed by atoms with van der Waals surface area (Å²) in [6.07, 6.45) is 2.81. The molecular weight excluding hydrogens is 471 g/mol. The van der Waals surface area contributed by atoms with E-state index in [4.69, 9.17) is 0 Å². The Bertz CT molecular complexity index is 842. The molecule has 0 amide bonds. The molecular formula is C24H29IN4. The van der Waals surface area contributed by atoms with Crippen molar-refractivity contribution in [1.82, 2.24) is 15.6 Å². The molecule has 0 fully saturated rings. The molecule has 5 heteroatoms. The Labute approximate surface area is 190 Å². The van der Waals surface area contributed by atoms with Crippen LogP contribution in [0.5, 0.6) is 0 Å². The maximum atomic E-state index is 4.43. The lowest BCUT2D eigenvalue weighted by Crippen LogP contribution is -2.38. The number of benzene rings is 2. The molecule has 29 heavy (non-hydrogen) atoms. The van der Waals surface area contributed by atoms with Gasteiger partial charge in [0.05, 0.1) is 12.2 Å². The average Bonchev–Trinajstić information content (AvgIpc) is 2.75. The molecule has 0 radical (unpaired) electrons. The summed E-state index contributed by atoms with van der Waals surface area (Å²) < 4.78 is 0. The smallest absolute Gasteiger partial charge is 0.191 e. The van der Waals surface area contributed by atoms with E-state index < -0.39 is 0 Å². The lowest BCUT2D eigenvalue weighted by molar-refractivity contribution is 0.677. The Morgan fingerprint density at radius 2 is 1.52 bits per heavy atom. The standard InChI is InChI=1S/C24H28N4.HI/c1-19-10-9-16-26-23(19)18-28-24(25-2)27-17-15-22(20-11-5-3-6-12-20)21-13-7-4-8-14-21;/h3-14,16,22H,15,17-18H2,1-2H3,(H2,25,27,28);1H. The molecule has 0 aliphatic heterocycles. The molecule has 1 aromatic heterocycles.